The number of amides is 1. The zero-order valence-corrected chi connectivity index (χ0v) is 19.9. The number of halogens is 2. The summed E-state index contributed by atoms with van der Waals surface area (Å²) in [5.41, 5.74) is 3.04. The molecule has 1 aliphatic rings. The van der Waals surface area contributed by atoms with Gasteiger partial charge in [0.15, 0.2) is 0 Å². The number of anilines is 2. The fourth-order valence-electron chi connectivity index (χ4n) is 4.41. The summed E-state index contributed by atoms with van der Waals surface area (Å²) in [4.78, 5) is 19.2. The summed E-state index contributed by atoms with van der Waals surface area (Å²) < 4.78 is 0. The van der Waals surface area contributed by atoms with E-state index in [-0.39, 0.29) is 5.91 Å². The number of nitrogens with zero attached hydrogens (tertiary/aromatic N) is 2. The summed E-state index contributed by atoms with van der Waals surface area (Å²) in [6.45, 7) is 0.959. The molecule has 4 aromatic rings. The van der Waals surface area contributed by atoms with Gasteiger partial charge in [0.2, 0.25) is 0 Å². The molecule has 2 heterocycles. The number of piperidine rings is 1. The average Bonchev–Trinajstić information content (AvgIpc) is 2.84. The van der Waals surface area contributed by atoms with Crippen LogP contribution in [0.2, 0.25) is 10.0 Å². The minimum Gasteiger partial charge on any atom is -0.385 e. The molecule has 2 N–H and O–H groups in total. The number of aliphatic hydroxyl groups is 1. The van der Waals surface area contributed by atoms with Gasteiger partial charge in [-0.3, -0.25) is 9.78 Å². The van der Waals surface area contributed by atoms with E-state index in [1.165, 1.54) is 0 Å². The molecule has 0 atom stereocenters. The van der Waals surface area contributed by atoms with Crippen LogP contribution in [0.3, 0.4) is 0 Å². The zero-order valence-electron chi connectivity index (χ0n) is 18.3. The summed E-state index contributed by atoms with van der Waals surface area (Å²) in [7, 11) is 0. The molecule has 1 fully saturated rings. The summed E-state index contributed by atoms with van der Waals surface area (Å²) in [6, 6.07) is 22.2. The highest BCUT2D eigenvalue weighted by Gasteiger charge is 2.35. The molecule has 5 rings (SSSR count). The molecule has 172 valence electrons. The van der Waals surface area contributed by atoms with Crippen molar-refractivity contribution < 1.29 is 9.90 Å². The molecule has 1 aromatic heterocycles. The molecular weight excluding hydrogens is 469 g/mol. The van der Waals surface area contributed by atoms with Gasteiger partial charge in [0, 0.05) is 51.7 Å². The zero-order chi connectivity index (χ0) is 23.7. The largest absolute Gasteiger partial charge is 0.385 e. The van der Waals surface area contributed by atoms with Crippen LogP contribution in [0.25, 0.3) is 10.9 Å². The molecule has 3 aromatic carbocycles. The number of nitrogens with one attached hydrogen (secondary N) is 1. The molecule has 0 unspecified atom stereocenters. The van der Waals surface area contributed by atoms with Crippen molar-refractivity contribution in [2.24, 2.45) is 0 Å². The van der Waals surface area contributed by atoms with Gasteiger partial charge in [-0.15, -0.1) is 0 Å². The summed E-state index contributed by atoms with van der Waals surface area (Å²) in [5.74, 6) is -0.0382. The van der Waals surface area contributed by atoms with E-state index < -0.39 is 5.60 Å². The fourth-order valence-corrected chi connectivity index (χ4v) is 4.77. The Hall–Kier alpha value is -3.12. The molecule has 0 spiro atoms. The minimum absolute atomic E-state index is 0.0382. The number of benzene rings is 3. The van der Waals surface area contributed by atoms with E-state index in [1.807, 2.05) is 60.7 Å². The van der Waals surface area contributed by atoms with Gasteiger partial charge in [-0.1, -0.05) is 35.3 Å². The Balaban J connectivity index is 1.26. The second-order valence-corrected chi connectivity index (χ2v) is 9.43. The molecule has 1 amide bonds. The van der Waals surface area contributed by atoms with Crippen LogP contribution in [0.4, 0.5) is 11.4 Å². The fraction of sp³-hybridized carbons (Fsp3) is 0.185. The van der Waals surface area contributed by atoms with Gasteiger partial charge in [-0.2, -0.15) is 0 Å². The third-order valence-electron chi connectivity index (χ3n) is 6.36. The number of likely N-dealkylation sites (tertiary alicyclic amines) is 1. The molecule has 0 saturated carbocycles. The van der Waals surface area contributed by atoms with Crippen molar-refractivity contribution in [2.75, 3.05) is 18.4 Å². The first kappa shape index (κ1) is 22.7. The number of aromatic nitrogens is 1. The third-order valence-corrected chi connectivity index (χ3v) is 6.83. The van der Waals surface area contributed by atoms with Gasteiger partial charge in [0.1, 0.15) is 0 Å². The number of carbonyl (C=O) groups excluding carboxylic acids is 1. The molecule has 34 heavy (non-hydrogen) atoms. The van der Waals surface area contributed by atoms with Crippen molar-refractivity contribution in [3.05, 3.63) is 100 Å². The predicted octanol–water partition coefficient (Wildman–Crippen LogP) is 6.41. The summed E-state index contributed by atoms with van der Waals surface area (Å²) >= 11 is 12.2. The molecule has 0 bridgehead atoms. The van der Waals surface area contributed by atoms with Crippen LogP contribution in [-0.2, 0) is 5.60 Å². The van der Waals surface area contributed by atoms with Crippen molar-refractivity contribution in [1.82, 2.24) is 9.88 Å². The predicted molar refractivity (Wildman–Crippen MR) is 137 cm³/mol. The van der Waals surface area contributed by atoms with E-state index >= 15 is 0 Å². The molecule has 7 heteroatoms. The lowest BCUT2D eigenvalue weighted by molar-refractivity contribution is -0.0211. The number of carbonyl (C=O) groups is 1. The Bertz CT molecular complexity index is 1350. The average molecular weight is 492 g/mol. The Morgan fingerprint density at radius 1 is 0.941 bits per heavy atom. The third kappa shape index (κ3) is 4.60. The van der Waals surface area contributed by atoms with Crippen LogP contribution < -0.4 is 5.32 Å². The van der Waals surface area contributed by atoms with Crippen LogP contribution in [0.15, 0.2) is 79.0 Å². The first-order valence-electron chi connectivity index (χ1n) is 11.1. The van der Waals surface area contributed by atoms with E-state index in [2.05, 4.69) is 10.3 Å². The molecule has 1 saturated heterocycles. The quantitative estimate of drug-likeness (QED) is 0.346. The first-order chi connectivity index (χ1) is 16.4. The Kier molecular flexibility index (Phi) is 6.17. The van der Waals surface area contributed by atoms with E-state index in [0.29, 0.717) is 41.5 Å². The molecule has 0 radical (unpaired) electrons. The van der Waals surface area contributed by atoms with Crippen LogP contribution in [0.5, 0.6) is 0 Å². The van der Waals surface area contributed by atoms with Crippen LogP contribution >= 0.6 is 23.2 Å². The van der Waals surface area contributed by atoms with Crippen molar-refractivity contribution in [3.8, 4) is 0 Å². The highest BCUT2D eigenvalue weighted by Crippen LogP contribution is 2.34. The van der Waals surface area contributed by atoms with Gasteiger partial charge in [0.05, 0.1) is 11.1 Å². The SMILES string of the molecule is O=C(c1ccc(Nc2ccnc3cc(Cl)ccc23)cc1)N1CCC(O)(c2cccc(Cl)c2)CC1. The number of fused-ring (bicyclic) bond motifs is 1. The van der Waals surface area contributed by atoms with Crippen molar-refractivity contribution in [1.29, 1.82) is 0 Å². The number of rotatable bonds is 4. The normalized spacial score (nSPS) is 15.3. The van der Waals surface area contributed by atoms with Crippen LogP contribution in [-0.4, -0.2) is 34.0 Å². The van der Waals surface area contributed by atoms with E-state index in [9.17, 15) is 9.90 Å². The Morgan fingerprint density at radius 2 is 1.68 bits per heavy atom. The first-order valence-corrected chi connectivity index (χ1v) is 11.9. The van der Waals surface area contributed by atoms with Gasteiger partial charge < -0.3 is 15.3 Å². The lowest BCUT2D eigenvalue weighted by Gasteiger charge is -2.38. The number of hydrogen-bond donors (Lipinski definition) is 2. The monoisotopic (exact) mass is 491 g/mol. The molecule has 0 aliphatic carbocycles. The van der Waals surface area contributed by atoms with Crippen LogP contribution in [0.1, 0.15) is 28.8 Å². The Morgan fingerprint density at radius 3 is 2.41 bits per heavy atom. The molecular formula is C27H23Cl2N3O2. The molecule has 5 nitrogen and oxygen atoms in total. The number of pyridine rings is 1. The maximum atomic E-state index is 13.1. The van der Waals surface area contributed by atoms with Crippen LogP contribution in [0, 0.1) is 0 Å². The second-order valence-electron chi connectivity index (χ2n) is 8.56. The van der Waals surface area contributed by atoms with E-state index in [1.54, 1.807) is 23.2 Å². The topological polar surface area (TPSA) is 65.5 Å². The van der Waals surface area contributed by atoms with Crippen molar-refractivity contribution >= 4 is 51.4 Å². The number of hydrogen-bond acceptors (Lipinski definition) is 4. The Labute approximate surface area is 208 Å². The maximum Gasteiger partial charge on any atom is 0.253 e. The highest BCUT2D eigenvalue weighted by molar-refractivity contribution is 6.31. The molecule has 1 aliphatic heterocycles. The maximum absolute atomic E-state index is 13.1. The minimum atomic E-state index is -0.965. The van der Waals surface area contributed by atoms with E-state index in [4.69, 9.17) is 23.2 Å². The standard InChI is InChI=1S/C27H23Cl2N3O2/c28-20-3-1-2-19(16-20)27(34)11-14-32(15-12-27)26(33)18-4-7-22(8-5-18)31-24-10-13-30-25-17-21(29)6-9-23(24)25/h1-10,13,16-17,34H,11-12,14-15H2,(H,30,31). The van der Waals surface area contributed by atoms with Crippen molar-refractivity contribution in [2.45, 2.75) is 18.4 Å². The lowest BCUT2D eigenvalue weighted by atomic mass is 9.84. The van der Waals surface area contributed by atoms with Gasteiger partial charge in [-0.25, -0.2) is 0 Å². The summed E-state index contributed by atoms with van der Waals surface area (Å²) in [5, 5.41) is 16.7. The van der Waals surface area contributed by atoms with Crippen molar-refractivity contribution in [3.63, 3.8) is 0 Å². The van der Waals surface area contributed by atoms with Gasteiger partial charge in [0.25, 0.3) is 5.91 Å². The smallest absolute Gasteiger partial charge is 0.253 e. The lowest BCUT2D eigenvalue weighted by Crippen LogP contribution is -2.45. The van der Waals surface area contributed by atoms with Gasteiger partial charge in [-0.05, 0) is 79.1 Å². The van der Waals surface area contributed by atoms with E-state index in [0.717, 1.165) is 27.8 Å². The second kappa shape index (κ2) is 9.26. The van der Waals surface area contributed by atoms with Gasteiger partial charge >= 0.3 is 0 Å². The highest BCUT2D eigenvalue weighted by atomic mass is 35.5. The summed E-state index contributed by atoms with van der Waals surface area (Å²) in [6.07, 6.45) is 2.68.